The quantitative estimate of drug-likeness (QED) is 0.0222. The summed E-state index contributed by atoms with van der Waals surface area (Å²) in [5.41, 5.74) is 0. The third-order valence-corrected chi connectivity index (χ3v) is 21.3. The van der Waals surface area contributed by atoms with Crippen molar-refractivity contribution in [3.63, 3.8) is 0 Å². The highest BCUT2D eigenvalue weighted by Crippen LogP contribution is 2.45. The van der Waals surface area contributed by atoms with Gasteiger partial charge in [0.2, 0.25) is 0 Å². The van der Waals surface area contributed by atoms with Crippen molar-refractivity contribution in [2.75, 3.05) is 39.6 Å². The van der Waals surface area contributed by atoms with Crippen molar-refractivity contribution >= 4 is 39.5 Å². The van der Waals surface area contributed by atoms with Crippen LogP contribution in [0.15, 0.2) is 0 Å². The van der Waals surface area contributed by atoms with Crippen LogP contribution in [0.2, 0.25) is 0 Å². The molecule has 0 aromatic rings. The number of hydrogen-bond acceptors (Lipinski definition) is 15. The number of rotatable bonds is 79. The normalized spacial score (nSPS) is 14.5. The van der Waals surface area contributed by atoms with Gasteiger partial charge in [0.1, 0.15) is 19.3 Å². The lowest BCUT2D eigenvalue weighted by molar-refractivity contribution is -0.161. The first-order valence-electron chi connectivity index (χ1n) is 41.6. The highest BCUT2D eigenvalue weighted by atomic mass is 31.2. The van der Waals surface area contributed by atoms with Crippen LogP contribution in [-0.4, -0.2) is 96.7 Å². The van der Waals surface area contributed by atoms with Crippen LogP contribution in [0, 0.1) is 11.8 Å². The summed E-state index contributed by atoms with van der Waals surface area (Å²) in [6.45, 7) is 9.63. The van der Waals surface area contributed by atoms with Crippen molar-refractivity contribution in [1.82, 2.24) is 0 Å². The Hall–Kier alpha value is -1.94. The van der Waals surface area contributed by atoms with Crippen LogP contribution >= 0.6 is 15.6 Å². The second-order valence-corrected chi connectivity index (χ2v) is 32.2. The summed E-state index contributed by atoms with van der Waals surface area (Å²) < 4.78 is 68.6. The molecule has 17 nitrogen and oxygen atoms in total. The SMILES string of the molecule is CCCCCCCCCCCCCCCCCCCCCCC(=O)O[C@H](COC(=O)CCCCCCCCCCCCCCCCC(C)CC)COP(=O)(O)OC[C@@H](O)COP(=O)(O)OC[C@@H](COC(=O)CCCCCCCCC(C)CC)OC(=O)CCCCCCCCCCCCC. The summed E-state index contributed by atoms with van der Waals surface area (Å²) >= 11 is 0. The van der Waals surface area contributed by atoms with E-state index in [4.69, 9.17) is 37.0 Å². The van der Waals surface area contributed by atoms with Gasteiger partial charge >= 0.3 is 39.5 Å². The van der Waals surface area contributed by atoms with Gasteiger partial charge in [-0.25, -0.2) is 9.13 Å². The zero-order valence-corrected chi connectivity index (χ0v) is 66.6. The fourth-order valence-electron chi connectivity index (χ4n) is 12.3. The molecule has 0 aliphatic carbocycles. The average Bonchev–Trinajstić information content (AvgIpc) is 1.60. The van der Waals surface area contributed by atoms with E-state index in [0.29, 0.717) is 25.7 Å². The Morgan fingerprint density at radius 3 is 0.717 bits per heavy atom. The number of aliphatic hydroxyl groups excluding tert-OH is 1. The molecule has 0 saturated heterocycles. The summed E-state index contributed by atoms with van der Waals surface area (Å²) in [4.78, 5) is 72.9. The van der Waals surface area contributed by atoms with Crippen LogP contribution in [0.4, 0.5) is 0 Å². The summed E-state index contributed by atoms with van der Waals surface area (Å²) in [6.07, 6.45) is 61.1. The van der Waals surface area contributed by atoms with E-state index >= 15 is 0 Å². The van der Waals surface area contributed by atoms with E-state index in [1.807, 2.05) is 0 Å². The van der Waals surface area contributed by atoms with Gasteiger partial charge in [-0.05, 0) is 37.5 Å². The van der Waals surface area contributed by atoms with Gasteiger partial charge in [-0.2, -0.15) is 0 Å². The molecular weight excluding hydrogens is 1290 g/mol. The molecule has 0 amide bonds. The standard InChI is InChI=1S/C80H156O17P2/c1-7-11-13-15-17-19-21-22-23-24-25-26-27-28-33-37-41-45-53-59-65-80(85)96-75(68-90-77(82)62-56-50-43-39-36-32-30-29-31-35-38-42-48-54-60-72(5)9-3)70-94-98(86,87)92-66-74(81)67-93-99(88,89)95-71-76(69-91-78(83)63-57-51-47-46-49-55-61-73(6)10-4)97-79(84)64-58-52-44-40-34-20-18-16-14-12-8-2/h72-76,81H,7-71H2,1-6H3,(H,86,87)(H,88,89)/t72?,73?,74-,75-,76-/m1/s1. The Balaban J connectivity index is 5.22. The zero-order chi connectivity index (χ0) is 72.8. The van der Waals surface area contributed by atoms with Gasteiger partial charge in [0.25, 0.3) is 0 Å². The maximum Gasteiger partial charge on any atom is 0.472 e. The van der Waals surface area contributed by atoms with E-state index in [0.717, 1.165) is 108 Å². The third kappa shape index (κ3) is 71.5. The maximum absolute atomic E-state index is 13.1. The molecule has 19 heteroatoms. The van der Waals surface area contributed by atoms with Crippen LogP contribution in [-0.2, 0) is 65.4 Å². The fraction of sp³-hybridized carbons (Fsp3) is 0.950. The lowest BCUT2D eigenvalue weighted by Gasteiger charge is -2.21. The van der Waals surface area contributed by atoms with Gasteiger partial charge in [-0.15, -0.1) is 0 Å². The molecule has 0 radical (unpaired) electrons. The molecule has 4 unspecified atom stereocenters. The van der Waals surface area contributed by atoms with Crippen LogP contribution in [0.1, 0.15) is 420 Å². The van der Waals surface area contributed by atoms with Crippen molar-refractivity contribution in [2.24, 2.45) is 11.8 Å². The van der Waals surface area contributed by atoms with Crippen LogP contribution in [0.5, 0.6) is 0 Å². The second kappa shape index (κ2) is 71.7. The van der Waals surface area contributed by atoms with Crippen molar-refractivity contribution in [2.45, 2.75) is 439 Å². The Bertz CT molecular complexity index is 1910. The van der Waals surface area contributed by atoms with E-state index in [1.54, 1.807) is 0 Å². The Morgan fingerprint density at radius 2 is 0.485 bits per heavy atom. The predicted octanol–water partition coefficient (Wildman–Crippen LogP) is 23.9. The molecular formula is C80H156O17P2. The molecule has 0 aromatic heterocycles. The van der Waals surface area contributed by atoms with Crippen molar-refractivity contribution in [3.8, 4) is 0 Å². The minimum Gasteiger partial charge on any atom is -0.462 e. The molecule has 588 valence electrons. The number of carbonyl (C=O) groups excluding carboxylic acids is 4. The van der Waals surface area contributed by atoms with E-state index in [-0.39, 0.29) is 25.7 Å². The molecule has 0 bridgehead atoms. The van der Waals surface area contributed by atoms with E-state index in [2.05, 4.69) is 41.5 Å². The van der Waals surface area contributed by atoms with Gasteiger partial charge in [-0.1, -0.05) is 369 Å². The first kappa shape index (κ1) is 97.1. The number of carbonyl (C=O) groups is 4. The average molecular weight is 1450 g/mol. The molecule has 0 heterocycles. The molecule has 3 N–H and O–H groups in total. The molecule has 0 rings (SSSR count). The minimum absolute atomic E-state index is 0.106. The summed E-state index contributed by atoms with van der Waals surface area (Å²) in [5, 5.41) is 10.6. The molecule has 7 atom stereocenters. The largest absolute Gasteiger partial charge is 0.472 e. The molecule has 0 saturated carbocycles. The fourth-order valence-corrected chi connectivity index (χ4v) is 13.9. The summed E-state index contributed by atoms with van der Waals surface area (Å²) in [7, 11) is -9.92. The number of esters is 4. The van der Waals surface area contributed by atoms with E-state index < -0.39 is 97.5 Å². The monoisotopic (exact) mass is 1450 g/mol. The number of phosphoric acid groups is 2. The Labute approximate surface area is 607 Å². The van der Waals surface area contributed by atoms with Gasteiger partial charge in [0.05, 0.1) is 26.4 Å². The highest BCUT2D eigenvalue weighted by molar-refractivity contribution is 7.47. The van der Waals surface area contributed by atoms with Crippen molar-refractivity contribution in [1.29, 1.82) is 0 Å². The lowest BCUT2D eigenvalue weighted by atomic mass is 9.99. The summed E-state index contributed by atoms with van der Waals surface area (Å²) in [6, 6.07) is 0. The number of hydrogen-bond donors (Lipinski definition) is 3. The van der Waals surface area contributed by atoms with Crippen LogP contribution < -0.4 is 0 Å². The molecule has 0 aliphatic heterocycles. The van der Waals surface area contributed by atoms with Crippen molar-refractivity contribution < 1.29 is 80.2 Å². The Morgan fingerprint density at radius 1 is 0.283 bits per heavy atom. The number of aliphatic hydroxyl groups is 1. The molecule has 0 spiro atoms. The van der Waals surface area contributed by atoms with Gasteiger partial charge < -0.3 is 33.8 Å². The van der Waals surface area contributed by atoms with E-state index in [9.17, 15) is 43.2 Å². The lowest BCUT2D eigenvalue weighted by Crippen LogP contribution is -2.30. The second-order valence-electron chi connectivity index (χ2n) is 29.3. The highest BCUT2D eigenvalue weighted by Gasteiger charge is 2.30. The smallest absolute Gasteiger partial charge is 0.462 e. The summed E-state index contributed by atoms with van der Waals surface area (Å²) in [5.74, 6) is -0.530. The third-order valence-electron chi connectivity index (χ3n) is 19.4. The number of ether oxygens (including phenoxy) is 4. The van der Waals surface area contributed by atoms with Crippen molar-refractivity contribution in [3.05, 3.63) is 0 Å². The number of unbranched alkanes of at least 4 members (excludes halogenated alkanes) is 47. The number of phosphoric ester groups is 2. The molecule has 0 aliphatic rings. The van der Waals surface area contributed by atoms with Crippen LogP contribution in [0.3, 0.4) is 0 Å². The van der Waals surface area contributed by atoms with Crippen LogP contribution in [0.25, 0.3) is 0 Å². The topological polar surface area (TPSA) is 237 Å². The zero-order valence-electron chi connectivity index (χ0n) is 64.8. The van der Waals surface area contributed by atoms with Gasteiger partial charge in [-0.3, -0.25) is 37.3 Å². The van der Waals surface area contributed by atoms with Gasteiger partial charge in [0, 0.05) is 25.7 Å². The minimum atomic E-state index is -4.96. The molecule has 99 heavy (non-hydrogen) atoms. The first-order valence-corrected chi connectivity index (χ1v) is 44.6. The van der Waals surface area contributed by atoms with Gasteiger partial charge in [0.15, 0.2) is 12.2 Å². The molecule has 0 aromatic carbocycles. The predicted molar refractivity (Wildman–Crippen MR) is 405 cm³/mol. The maximum atomic E-state index is 13.1. The first-order chi connectivity index (χ1) is 47.9. The Kier molecular flexibility index (Phi) is 70.3. The van der Waals surface area contributed by atoms with E-state index in [1.165, 1.54) is 231 Å². The molecule has 0 fully saturated rings.